The van der Waals surface area contributed by atoms with Crippen LogP contribution in [-0.2, 0) is 11.2 Å². The van der Waals surface area contributed by atoms with Gasteiger partial charge in [-0.15, -0.1) is 0 Å². The Balaban J connectivity index is 2.90. The van der Waals surface area contributed by atoms with E-state index < -0.39 is 5.97 Å². The lowest BCUT2D eigenvalue weighted by Crippen LogP contribution is -2.22. The van der Waals surface area contributed by atoms with E-state index in [0.717, 1.165) is 17.0 Å². The maximum atomic E-state index is 10.5. The van der Waals surface area contributed by atoms with Crippen molar-refractivity contribution in [3.63, 3.8) is 0 Å². The molecule has 4 nitrogen and oxygen atoms in total. The minimum absolute atomic E-state index is 0.0564. The Morgan fingerprint density at radius 3 is 2.25 bits per heavy atom. The van der Waals surface area contributed by atoms with Gasteiger partial charge in [0, 0.05) is 26.7 Å². The molecule has 0 aromatic heterocycles. The van der Waals surface area contributed by atoms with Crippen LogP contribution in [0, 0.1) is 0 Å². The number of aliphatic imine (C=N–C) groups is 1. The van der Waals surface area contributed by atoms with Gasteiger partial charge in [0.05, 0.1) is 6.42 Å². The zero-order valence-electron chi connectivity index (χ0n) is 9.77. The van der Waals surface area contributed by atoms with Crippen LogP contribution in [0.15, 0.2) is 29.3 Å². The smallest absolute Gasteiger partial charge is 0.307 e. The van der Waals surface area contributed by atoms with Crippen LogP contribution in [-0.4, -0.2) is 43.0 Å². The molecule has 0 heterocycles. The van der Waals surface area contributed by atoms with Crippen molar-refractivity contribution < 1.29 is 9.90 Å². The molecule has 0 spiro atoms. The number of aliphatic carboxylic acids is 1. The fraction of sp³-hybridized carbons (Fsp3) is 0.333. The van der Waals surface area contributed by atoms with Gasteiger partial charge in [0.1, 0.15) is 5.84 Å². The predicted molar refractivity (Wildman–Crippen MR) is 63.9 cm³/mol. The first-order chi connectivity index (χ1) is 7.54. The van der Waals surface area contributed by atoms with Crippen molar-refractivity contribution in [1.82, 2.24) is 4.90 Å². The highest BCUT2D eigenvalue weighted by molar-refractivity contribution is 5.98. The molecule has 1 aromatic rings. The zero-order valence-corrected chi connectivity index (χ0v) is 9.77. The number of nitrogens with zero attached hydrogens (tertiary/aromatic N) is 2. The van der Waals surface area contributed by atoms with Gasteiger partial charge in [0.25, 0.3) is 0 Å². The van der Waals surface area contributed by atoms with Crippen molar-refractivity contribution in [3.8, 4) is 0 Å². The van der Waals surface area contributed by atoms with Crippen molar-refractivity contribution in [2.75, 3.05) is 21.1 Å². The molecule has 16 heavy (non-hydrogen) atoms. The Morgan fingerprint density at radius 1 is 1.31 bits per heavy atom. The maximum absolute atomic E-state index is 10.5. The molecular weight excluding hydrogens is 204 g/mol. The Morgan fingerprint density at radius 2 is 1.88 bits per heavy atom. The average Bonchev–Trinajstić information content (AvgIpc) is 2.20. The number of benzene rings is 1. The Kier molecular flexibility index (Phi) is 4.05. The van der Waals surface area contributed by atoms with E-state index in [-0.39, 0.29) is 6.42 Å². The van der Waals surface area contributed by atoms with E-state index in [0.29, 0.717) is 0 Å². The van der Waals surface area contributed by atoms with E-state index in [1.165, 1.54) is 0 Å². The molecule has 86 valence electrons. The average molecular weight is 220 g/mol. The number of carbonyl (C=O) groups is 1. The lowest BCUT2D eigenvalue weighted by Gasteiger charge is -2.15. The minimum Gasteiger partial charge on any atom is -0.481 e. The van der Waals surface area contributed by atoms with Crippen LogP contribution in [0.3, 0.4) is 0 Å². The molecular formula is C12H16N2O2. The molecule has 4 heteroatoms. The van der Waals surface area contributed by atoms with Crippen LogP contribution in [0.1, 0.15) is 11.1 Å². The van der Waals surface area contributed by atoms with Gasteiger partial charge in [0.15, 0.2) is 0 Å². The molecule has 0 aliphatic carbocycles. The van der Waals surface area contributed by atoms with Crippen LogP contribution < -0.4 is 0 Å². The topological polar surface area (TPSA) is 52.9 Å². The number of amidine groups is 1. The van der Waals surface area contributed by atoms with E-state index in [9.17, 15) is 4.79 Å². The summed E-state index contributed by atoms with van der Waals surface area (Å²) in [7, 11) is 5.58. The molecule has 1 rings (SSSR count). The second kappa shape index (κ2) is 5.30. The first kappa shape index (κ1) is 12.2. The van der Waals surface area contributed by atoms with E-state index >= 15 is 0 Å². The van der Waals surface area contributed by atoms with Gasteiger partial charge in [-0.1, -0.05) is 24.3 Å². The normalized spacial score (nSPS) is 11.3. The monoisotopic (exact) mass is 220 g/mol. The molecule has 0 aliphatic heterocycles. The van der Waals surface area contributed by atoms with E-state index in [2.05, 4.69) is 4.99 Å². The van der Waals surface area contributed by atoms with Crippen molar-refractivity contribution in [1.29, 1.82) is 0 Å². The second-order valence-corrected chi connectivity index (χ2v) is 3.71. The fourth-order valence-electron chi connectivity index (χ4n) is 1.53. The Labute approximate surface area is 95.2 Å². The highest BCUT2D eigenvalue weighted by atomic mass is 16.4. The summed E-state index contributed by atoms with van der Waals surface area (Å²) in [4.78, 5) is 16.6. The van der Waals surface area contributed by atoms with Gasteiger partial charge in [0.2, 0.25) is 0 Å². The summed E-state index contributed by atoms with van der Waals surface area (Å²) in [6.07, 6.45) is 0.0564. The third-order valence-electron chi connectivity index (χ3n) is 2.20. The van der Waals surface area contributed by atoms with E-state index in [4.69, 9.17) is 5.11 Å². The Bertz CT molecular complexity index is 394. The molecule has 0 saturated carbocycles. The van der Waals surface area contributed by atoms with Crippen molar-refractivity contribution in [3.05, 3.63) is 35.4 Å². The number of rotatable bonds is 3. The summed E-state index contributed by atoms with van der Waals surface area (Å²) in [6.45, 7) is 0. The van der Waals surface area contributed by atoms with Gasteiger partial charge in [-0.3, -0.25) is 9.79 Å². The number of carboxylic acids is 1. The molecule has 0 amide bonds. The summed E-state index contributed by atoms with van der Waals surface area (Å²) < 4.78 is 0. The number of hydrogen-bond donors (Lipinski definition) is 1. The molecule has 0 fully saturated rings. The maximum Gasteiger partial charge on any atom is 0.307 e. The van der Waals surface area contributed by atoms with Gasteiger partial charge < -0.3 is 10.0 Å². The van der Waals surface area contributed by atoms with Crippen molar-refractivity contribution >= 4 is 11.8 Å². The molecule has 0 saturated heterocycles. The van der Waals surface area contributed by atoms with Gasteiger partial charge in [-0.05, 0) is 5.56 Å². The molecule has 0 atom stereocenters. The summed E-state index contributed by atoms with van der Waals surface area (Å²) >= 11 is 0. The lowest BCUT2D eigenvalue weighted by atomic mass is 10.1. The summed E-state index contributed by atoms with van der Waals surface area (Å²) in [6, 6.07) is 7.41. The molecule has 1 N–H and O–H groups in total. The van der Waals surface area contributed by atoms with Gasteiger partial charge >= 0.3 is 5.97 Å². The van der Waals surface area contributed by atoms with Gasteiger partial charge in [-0.2, -0.15) is 0 Å². The van der Waals surface area contributed by atoms with Gasteiger partial charge in [-0.25, -0.2) is 0 Å². The Hall–Kier alpha value is -1.84. The van der Waals surface area contributed by atoms with Crippen molar-refractivity contribution in [2.24, 2.45) is 4.99 Å². The second-order valence-electron chi connectivity index (χ2n) is 3.71. The van der Waals surface area contributed by atoms with Crippen LogP contribution in [0.4, 0.5) is 0 Å². The number of hydrogen-bond acceptors (Lipinski definition) is 2. The highest BCUT2D eigenvalue weighted by Crippen LogP contribution is 2.07. The number of carboxylic acid groups (broad SMARTS) is 1. The third-order valence-corrected chi connectivity index (χ3v) is 2.20. The molecule has 0 aliphatic rings. The molecule has 1 aromatic carbocycles. The standard InChI is InChI=1S/C12H16N2O2/c1-13-12(14(2)3)10-6-4-9(5-7-10)8-11(15)16/h4-7H,8H2,1-3H3,(H,15,16). The predicted octanol–water partition coefficient (Wildman–Crippen LogP) is 1.25. The summed E-state index contributed by atoms with van der Waals surface area (Å²) in [5.41, 5.74) is 1.78. The lowest BCUT2D eigenvalue weighted by molar-refractivity contribution is -0.136. The third kappa shape index (κ3) is 3.08. The fourth-order valence-corrected chi connectivity index (χ4v) is 1.53. The quantitative estimate of drug-likeness (QED) is 0.616. The first-order valence-corrected chi connectivity index (χ1v) is 5.00. The highest BCUT2D eigenvalue weighted by Gasteiger charge is 2.05. The van der Waals surface area contributed by atoms with Crippen LogP contribution in [0.5, 0.6) is 0 Å². The molecule has 0 unspecified atom stereocenters. The molecule has 0 bridgehead atoms. The summed E-state index contributed by atoms with van der Waals surface area (Å²) in [5, 5.41) is 8.65. The minimum atomic E-state index is -0.815. The van der Waals surface area contributed by atoms with E-state index in [1.807, 2.05) is 43.3 Å². The first-order valence-electron chi connectivity index (χ1n) is 5.00. The zero-order chi connectivity index (χ0) is 12.1. The van der Waals surface area contributed by atoms with E-state index in [1.54, 1.807) is 7.05 Å². The van der Waals surface area contributed by atoms with Crippen molar-refractivity contribution in [2.45, 2.75) is 6.42 Å². The van der Waals surface area contributed by atoms with Crippen LogP contribution in [0.25, 0.3) is 0 Å². The largest absolute Gasteiger partial charge is 0.481 e. The van der Waals surface area contributed by atoms with Crippen LogP contribution >= 0.6 is 0 Å². The SMILES string of the molecule is CN=C(c1ccc(CC(=O)O)cc1)N(C)C. The van der Waals surface area contributed by atoms with Crippen LogP contribution in [0.2, 0.25) is 0 Å². The molecule has 0 radical (unpaired) electrons. The summed E-state index contributed by atoms with van der Waals surface area (Å²) in [5.74, 6) is 0.0617.